The van der Waals surface area contributed by atoms with E-state index in [9.17, 15) is 12.8 Å². The van der Waals surface area contributed by atoms with Crippen LogP contribution in [-0.2, 0) is 9.84 Å². The lowest BCUT2D eigenvalue weighted by Crippen LogP contribution is -2.10. The molecule has 0 amide bonds. The number of halogens is 1. The summed E-state index contributed by atoms with van der Waals surface area (Å²) in [5.41, 5.74) is 6.51. The van der Waals surface area contributed by atoms with Gasteiger partial charge in [-0.2, -0.15) is 0 Å². The van der Waals surface area contributed by atoms with Crippen LogP contribution in [0, 0.1) is 5.82 Å². The first-order chi connectivity index (χ1) is 7.38. The second-order valence-corrected chi connectivity index (χ2v) is 5.90. The van der Waals surface area contributed by atoms with Crippen LogP contribution in [0.15, 0.2) is 18.2 Å². The lowest BCUT2D eigenvalue weighted by Gasteiger charge is -2.08. The Morgan fingerprint density at radius 2 is 2.12 bits per heavy atom. The van der Waals surface area contributed by atoms with Gasteiger partial charge in [0.25, 0.3) is 0 Å². The molecule has 16 heavy (non-hydrogen) atoms. The molecule has 3 N–H and O–H groups in total. The van der Waals surface area contributed by atoms with Crippen molar-refractivity contribution in [3.8, 4) is 0 Å². The van der Waals surface area contributed by atoms with Crippen LogP contribution in [0.25, 0.3) is 0 Å². The maximum atomic E-state index is 12.7. The minimum Gasteiger partial charge on any atom is -0.397 e. The average Bonchev–Trinajstić information content (AvgIpc) is 2.13. The van der Waals surface area contributed by atoms with Crippen LogP contribution in [0.2, 0.25) is 0 Å². The van der Waals surface area contributed by atoms with Crippen LogP contribution in [0.1, 0.15) is 6.42 Å². The molecular weight excluding hydrogens is 231 g/mol. The maximum Gasteiger partial charge on any atom is 0.147 e. The van der Waals surface area contributed by atoms with Gasteiger partial charge in [-0.05, 0) is 24.6 Å². The van der Waals surface area contributed by atoms with E-state index in [0.29, 0.717) is 24.3 Å². The summed E-state index contributed by atoms with van der Waals surface area (Å²) in [6.07, 6.45) is 1.69. The molecule has 0 saturated carbocycles. The minimum atomic E-state index is -2.93. The summed E-state index contributed by atoms with van der Waals surface area (Å²) < 4.78 is 34.4. The zero-order valence-electron chi connectivity index (χ0n) is 9.03. The summed E-state index contributed by atoms with van der Waals surface area (Å²) in [5, 5.41) is 2.96. The number of sulfone groups is 1. The maximum absolute atomic E-state index is 12.7. The van der Waals surface area contributed by atoms with E-state index < -0.39 is 9.84 Å². The van der Waals surface area contributed by atoms with Crippen molar-refractivity contribution in [1.82, 2.24) is 0 Å². The summed E-state index contributed by atoms with van der Waals surface area (Å²) in [6, 6.07) is 4.05. The third-order valence-electron chi connectivity index (χ3n) is 2.02. The van der Waals surface area contributed by atoms with Gasteiger partial charge in [0.05, 0.1) is 17.1 Å². The number of anilines is 2. The van der Waals surface area contributed by atoms with Gasteiger partial charge in [-0.25, -0.2) is 12.8 Å². The Labute approximate surface area is 94.6 Å². The van der Waals surface area contributed by atoms with Gasteiger partial charge in [0, 0.05) is 12.8 Å². The third-order valence-corrected chi connectivity index (χ3v) is 3.05. The number of hydrogen-bond donors (Lipinski definition) is 2. The molecule has 0 aliphatic rings. The van der Waals surface area contributed by atoms with Gasteiger partial charge < -0.3 is 11.1 Å². The smallest absolute Gasteiger partial charge is 0.147 e. The molecule has 0 bridgehead atoms. The largest absolute Gasteiger partial charge is 0.397 e. The molecule has 0 aliphatic heterocycles. The topological polar surface area (TPSA) is 72.2 Å². The fourth-order valence-electron chi connectivity index (χ4n) is 1.25. The SMILES string of the molecule is CS(=O)(=O)CCCNc1ccc(F)cc1N. The minimum absolute atomic E-state index is 0.126. The fraction of sp³-hybridized carbons (Fsp3) is 0.400. The van der Waals surface area contributed by atoms with E-state index in [2.05, 4.69) is 5.32 Å². The Morgan fingerprint density at radius 3 is 2.69 bits per heavy atom. The van der Waals surface area contributed by atoms with Crippen molar-refractivity contribution < 1.29 is 12.8 Å². The second kappa shape index (κ2) is 5.16. The summed E-state index contributed by atoms with van der Waals surface area (Å²) in [4.78, 5) is 0. The standard InChI is InChI=1S/C10H15FN2O2S/c1-16(14,15)6-2-5-13-10-4-3-8(11)7-9(10)12/h3-4,7,13H,2,5-6,12H2,1H3. The van der Waals surface area contributed by atoms with Gasteiger partial charge in [-0.3, -0.25) is 0 Å². The fourth-order valence-corrected chi connectivity index (χ4v) is 1.92. The van der Waals surface area contributed by atoms with Gasteiger partial charge in [-0.15, -0.1) is 0 Å². The van der Waals surface area contributed by atoms with Crippen LogP contribution >= 0.6 is 0 Å². The molecule has 1 rings (SSSR count). The van der Waals surface area contributed by atoms with Crippen molar-refractivity contribution in [2.24, 2.45) is 0 Å². The molecule has 0 spiro atoms. The number of nitrogen functional groups attached to an aromatic ring is 1. The molecule has 1 aromatic rings. The number of rotatable bonds is 5. The molecule has 6 heteroatoms. The quantitative estimate of drug-likeness (QED) is 0.606. The predicted octanol–water partition coefficient (Wildman–Crippen LogP) is 1.25. The Bertz CT molecular complexity index is 460. The molecule has 0 aliphatic carbocycles. The van der Waals surface area contributed by atoms with Gasteiger partial charge in [0.2, 0.25) is 0 Å². The molecule has 0 radical (unpaired) electrons. The number of hydrogen-bond acceptors (Lipinski definition) is 4. The zero-order valence-corrected chi connectivity index (χ0v) is 9.85. The van der Waals surface area contributed by atoms with E-state index in [4.69, 9.17) is 5.73 Å². The number of nitrogens with one attached hydrogen (secondary N) is 1. The highest BCUT2D eigenvalue weighted by molar-refractivity contribution is 7.90. The highest BCUT2D eigenvalue weighted by Gasteiger charge is 2.03. The van der Waals surface area contributed by atoms with Crippen LogP contribution in [0.5, 0.6) is 0 Å². The normalized spacial score (nSPS) is 11.4. The van der Waals surface area contributed by atoms with Crippen molar-refractivity contribution in [2.75, 3.05) is 29.6 Å². The predicted molar refractivity (Wildman–Crippen MR) is 63.6 cm³/mol. The number of benzene rings is 1. The summed E-state index contributed by atoms with van der Waals surface area (Å²) >= 11 is 0. The highest BCUT2D eigenvalue weighted by Crippen LogP contribution is 2.18. The Balaban J connectivity index is 2.43. The molecule has 1 aromatic carbocycles. The van der Waals surface area contributed by atoms with Crippen LogP contribution in [0.4, 0.5) is 15.8 Å². The third kappa shape index (κ3) is 4.48. The molecule has 4 nitrogen and oxygen atoms in total. The molecule has 0 aromatic heterocycles. The second-order valence-electron chi connectivity index (χ2n) is 3.64. The Hall–Kier alpha value is -1.30. The van der Waals surface area contributed by atoms with E-state index >= 15 is 0 Å². The Morgan fingerprint density at radius 1 is 1.44 bits per heavy atom. The summed E-state index contributed by atoms with van der Waals surface area (Å²) in [6.45, 7) is 0.489. The summed E-state index contributed by atoms with van der Waals surface area (Å²) in [5.74, 6) is -0.264. The monoisotopic (exact) mass is 246 g/mol. The highest BCUT2D eigenvalue weighted by atomic mass is 32.2. The van der Waals surface area contributed by atoms with E-state index in [-0.39, 0.29) is 11.6 Å². The van der Waals surface area contributed by atoms with Gasteiger partial charge >= 0.3 is 0 Å². The first kappa shape index (κ1) is 12.8. The van der Waals surface area contributed by atoms with E-state index in [1.54, 1.807) is 0 Å². The van der Waals surface area contributed by atoms with Crippen molar-refractivity contribution in [3.63, 3.8) is 0 Å². The van der Waals surface area contributed by atoms with Crippen molar-refractivity contribution in [2.45, 2.75) is 6.42 Å². The molecule has 0 atom stereocenters. The molecule has 0 fully saturated rings. The van der Waals surface area contributed by atoms with E-state index in [0.717, 1.165) is 0 Å². The van der Waals surface area contributed by atoms with Crippen molar-refractivity contribution >= 4 is 21.2 Å². The van der Waals surface area contributed by atoms with Crippen LogP contribution in [0.3, 0.4) is 0 Å². The molecular formula is C10H15FN2O2S. The average molecular weight is 246 g/mol. The molecule has 90 valence electrons. The Kier molecular flexibility index (Phi) is 4.12. The molecule has 0 saturated heterocycles. The molecule has 0 heterocycles. The van der Waals surface area contributed by atoms with Crippen LogP contribution in [-0.4, -0.2) is 27.0 Å². The van der Waals surface area contributed by atoms with Gasteiger partial charge in [-0.1, -0.05) is 0 Å². The summed E-state index contributed by atoms with van der Waals surface area (Å²) in [7, 11) is -2.93. The lowest BCUT2D eigenvalue weighted by atomic mass is 10.2. The first-order valence-corrected chi connectivity index (χ1v) is 6.91. The number of nitrogens with two attached hydrogens (primary N) is 1. The van der Waals surface area contributed by atoms with E-state index in [1.165, 1.54) is 24.5 Å². The first-order valence-electron chi connectivity index (χ1n) is 4.85. The van der Waals surface area contributed by atoms with E-state index in [1.807, 2.05) is 0 Å². The van der Waals surface area contributed by atoms with Gasteiger partial charge in [0.15, 0.2) is 0 Å². The van der Waals surface area contributed by atoms with Crippen LogP contribution < -0.4 is 11.1 Å². The lowest BCUT2D eigenvalue weighted by molar-refractivity contribution is 0.600. The molecule has 0 unspecified atom stereocenters. The van der Waals surface area contributed by atoms with Gasteiger partial charge in [0.1, 0.15) is 15.7 Å². The zero-order chi connectivity index (χ0) is 12.2. The van der Waals surface area contributed by atoms with Crippen molar-refractivity contribution in [1.29, 1.82) is 0 Å². The van der Waals surface area contributed by atoms with Crippen molar-refractivity contribution in [3.05, 3.63) is 24.0 Å².